The van der Waals surface area contributed by atoms with E-state index in [1.165, 1.54) is 0 Å². The van der Waals surface area contributed by atoms with Crippen LogP contribution in [0.15, 0.2) is 36.8 Å². The van der Waals surface area contributed by atoms with Gasteiger partial charge in [0.25, 0.3) is 0 Å². The predicted octanol–water partition coefficient (Wildman–Crippen LogP) is 3.45. The first-order chi connectivity index (χ1) is 6.79. The Hall–Kier alpha value is -1.12. The predicted molar refractivity (Wildman–Crippen MR) is 57.5 cm³/mol. The Labute approximate surface area is 91.5 Å². The summed E-state index contributed by atoms with van der Waals surface area (Å²) >= 11 is 11.9. The van der Waals surface area contributed by atoms with Crippen molar-refractivity contribution < 1.29 is 0 Å². The van der Waals surface area contributed by atoms with Gasteiger partial charge in [-0.2, -0.15) is 0 Å². The second kappa shape index (κ2) is 3.95. The number of hydrogen-bond acceptors (Lipinski definition) is 2. The van der Waals surface area contributed by atoms with Crippen molar-refractivity contribution >= 4 is 23.2 Å². The molecule has 0 amide bonds. The number of rotatable bonds is 1. The molecule has 2 nitrogen and oxygen atoms in total. The van der Waals surface area contributed by atoms with E-state index in [0.29, 0.717) is 15.7 Å². The molecule has 0 unspecified atom stereocenters. The number of pyridine rings is 2. The standard InChI is InChI=1S/C10H6Cl2N2/c11-8-3-6-14-10(9(8)12)7-1-4-13-5-2-7/h1-6H. The van der Waals surface area contributed by atoms with E-state index in [0.717, 1.165) is 5.56 Å². The SMILES string of the molecule is Clc1ccnc(-c2ccncc2)c1Cl. The lowest BCUT2D eigenvalue weighted by molar-refractivity contribution is 1.29. The highest BCUT2D eigenvalue weighted by molar-refractivity contribution is 6.43. The van der Waals surface area contributed by atoms with Gasteiger partial charge in [0.15, 0.2) is 0 Å². The summed E-state index contributed by atoms with van der Waals surface area (Å²) in [4.78, 5) is 8.08. The fourth-order valence-electron chi connectivity index (χ4n) is 1.13. The van der Waals surface area contributed by atoms with Crippen LogP contribution >= 0.6 is 23.2 Å². The third-order valence-electron chi connectivity index (χ3n) is 1.80. The van der Waals surface area contributed by atoms with E-state index >= 15 is 0 Å². The van der Waals surface area contributed by atoms with Crippen LogP contribution in [0.4, 0.5) is 0 Å². The maximum absolute atomic E-state index is 6.01. The summed E-state index contributed by atoms with van der Waals surface area (Å²) < 4.78 is 0. The van der Waals surface area contributed by atoms with Crippen LogP contribution in [0, 0.1) is 0 Å². The van der Waals surface area contributed by atoms with Crippen LogP contribution in [0.1, 0.15) is 0 Å². The van der Waals surface area contributed by atoms with Crippen LogP contribution in [0.25, 0.3) is 11.3 Å². The van der Waals surface area contributed by atoms with Crippen molar-refractivity contribution in [2.45, 2.75) is 0 Å². The second-order valence-corrected chi connectivity index (χ2v) is 3.48. The van der Waals surface area contributed by atoms with Gasteiger partial charge in [-0.3, -0.25) is 9.97 Å². The third kappa shape index (κ3) is 1.72. The van der Waals surface area contributed by atoms with Gasteiger partial charge in [-0.1, -0.05) is 23.2 Å². The molecule has 2 aromatic rings. The fraction of sp³-hybridized carbons (Fsp3) is 0. The Morgan fingerprint density at radius 3 is 2.36 bits per heavy atom. The maximum atomic E-state index is 6.01. The first-order valence-electron chi connectivity index (χ1n) is 3.99. The minimum absolute atomic E-state index is 0.473. The summed E-state index contributed by atoms with van der Waals surface area (Å²) in [7, 11) is 0. The Balaban J connectivity index is 2.58. The molecule has 0 aliphatic heterocycles. The molecular formula is C10H6Cl2N2. The lowest BCUT2D eigenvalue weighted by Gasteiger charge is -2.03. The molecule has 0 saturated heterocycles. The van der Waals surface area contributed by atoms with Gasteiger partial charge < -0.3 is 0 Å². The monoisotopic (exact) mass is 224 g/mol. The molecule has 0 bridgehead atoms. The lowest BCUT2D eigenvalue weighted by Crippen LogP contribution is -1.85. The van der Waals surface area contributed by atoms with Gasteiger partial charge in [-0.25, -0.2) is 0 Å². The summed E-state index contributed by atoms with van der Waals surface area (Å²) in [5.74, 6) is 0. The Morgan fingerprint density at radius 2 is 1.64 bits per heavy atom. The number of hydrogen-bond donors (Lipinski definition) is 0. The van der Waals surface area contributed by atoms with Gasteiger partial charge in [-0.15, -0.1) is 0 Å². The van der Waals surface area contributed by atoms with Gasteiger partial charge in [0, 0.05) is 24.2 Å². The zero-order valence-corrected chi connectivity index (χ0v) is 8.63. The highest BCUT2D eigenvalue weighted by Crippen LogP contribution is 2.30. The van der Waals surface area contributed by atoms with Crippen molar-refractivity contribution in [2.24, 2.45) is 0 Å². The molecular weight excluding hydrogens is 219 g/mol. The van der Waals surface area contributed by atoms with E-state index in [9.17, 15) is 0 Å². The van der Waals surface area contributed by atoms with Crippen LogP contribution in [0.3, 0.4) is 0 Å². The smallest absolute Gasteiger partial charge is 0.0904 e. The van der Waals surface area contributed by atoms with Gasteiger partial charge in [0.1, 0.15) is 0 Å². The maximum Gasteiger partial charge on any atom is 0.0904 e. The van der Waals surface area contributed by atoms with E-state index in [1.54, 1.807) is 24.7 Å². The van der Waals surface area contributed by atoms with Gasteiger partial charge in [0.05, 0.1) is 15.7 Å². The Kier molecular flexibility index (Phi) is 2.66. The molecule has 0 atom stereocenters. The first kappa shape index (κ1) is 9.44. The van der Waals surface area contributed by atoms with E-state index in [4.69, 9.17) is 23.2 Å². The van der Waals surface area contributed by atoms with Crippen LogP contribution in [0.5, 0.6) is 0 Å². The zero-order chi connectivity index (χ0) is 9.97. The summed E-state index contributed by atoms with van der Waals surface area (Å²) in [5.41, 5.74) is 1.59. The molecule has 0 spiro atoms. The Morgan fingerprint density at radius 1 is 0.929 bits per heavy atom. The van der Waals surface area contributed by atoms with Crippen molar-refractivity contribution in [1.29, 1.82) is 0 Å². The minimum Gasteiger partial charge on any atom is -0.265 e. The van der Waals surface area contributed by atoms with Crippen molar-refractivity contribution in [3.05, 3.63) is 46.8 Å². The third-order valence-corrected chi connectivity index (χ3v) is 2.59. The highest BCUT2D eigenvalue weighted by atomic mass is 35.5. The van der Waals surface area contributed by atoms with Gasteiger partial charge in [0.2, 0.25) is 0 Å². The number of aromatic nitrogens is 2. The van der Waals surface area contributed by atoms with Crippen molar-refractivity contribution in [1.82, 2.24) is 9.97 Å². The average Bonchev–Trinajstić information content (AvgIpc) is 2.23. The molecule has 0 fully saturated rings. The molecule has 0 aromatic carbocycles. The topological polar surface area (TPSA) is 25.8 Å². The second-order valence-electron chi connectivity index (χ2n) is 2.69. The zero-order valence-electron chi connectivity index (χ0n) is 7.11. The lowest BCUT2D eigenvalue weighted by atomic mass is 10.2. The quantitative estimate of drug-likeness (QED) is 0.742. The molecule has 0 aliphatic carbocycles. The first-order valence-corrected chi connectivity index (χ1v) is 4.75. The van der Waals surface area contributed by atoms with Crippen LogP contribution in [-0.2, 0) is 0 Å². The van der Waals surface area contributed by atoms with Gasteiger partial charge in [-0.05, 0) is 18.2 Å². The number of nitrogens with zero attached hydrogens (tertiary/aromatic N) is 2. The van der Waals surface area contributed by atoms with Crippen molar-refractivity contribution in [3.63, 3.8) is 0 Å². The molecule has 2 rings (SSSR count). The summed E-state index contributed by atoms with van der Waals surface area (Å²) in [6, 6.07) is 5.34. The normalized spacial score (nSPS) is 10.1. The van der Waals surface area contributed by atoms with Crippen LogP contribution in [0.2, 0.25) is 10.0 Å². The summed E-state index contributed by atoms with van der Waals surface area (Å²) in [6.45, 7) is 0. The fourth-order valence-corrected chi connectivity index (χ4v) is 1.50. The molecule has 2 heterocycles. The molecule has 0 aliphatic rings. The molecule has 14 heavy (non-hydrogen) atoms. The largest absolute Gasteiger partial charge is 0.265 e. The van der Waals surface area contributed by atoms with Crippen molar-refractivity contribution in [3.8, 4) is 11.3 Å². The molecule has 0 N–H and O–H groups in total. The summed E-state index contributed by atoms with van der Waals surface area (Å²) in [5, 5.41) is 0.980. The molecule has 0 saturated carbocycles. The average molecular weight is 225 g/mol. The van der Waals surface area contributed by atoms with E-state index in [1.807, 2.05) is 12.1 Å². The van der Waals surface area contributed by atoms with Crippen LogP contribution in [-0.4, -0.2) is 9.97 Å². The van der Waals surface area contributed by atoms with E-state index in [2.05, 4.69) is 9.97 Å². The molecule has 0 radical (unpaired) electrons. The summed E-state index contributed by atoms with van der Waals surface area (Å²) in [6.07, 6.45) is 5.01. The molecule has 4 heteroatoms. The van der Waals surface area contributed by atoms with Crippen molar-refractivity contribution in [2.75, 3.05) is 0 Å². The van der Waals surface area contributed by atoms with E-state index in [-0.39, 0.29) is 0 Å². The Bertz CT molecular complexity index is 443. The number of halogens is 2. The molecule has 70 valence electrons. The minimum atomic E-state index is 0.473. The van der Waals surface area contributed by atoms with Gasteiger partial charge >= 0.3 is 0 Å². The van der Waals surface area contributed by atoms with E-state index < -0.39 is 0 Å². The molecule has 2 aromatic heterocycles. The van der Waals surface area contributed by atoms with Crippen LogP contribution < -0.4 is 0 Å². The highest BCUT2D eigenvalue weighted by Gasteiger charge is 2.07.